The highest BCUT2D eigenvalue weighted by Gasteiger charge is 2.31. The van der Waals surface area contributed by atoms with Crippen LogP contribution in [-0.2, 0) is 0 Å². The highest BCUT2D eigenvalue weighted by molar-refractivity contribution is 6.05. The van der Waals surface area contributed by atoms with Crippen LogP contribution in [0.1, 0.15) is 20.7 Å². The third-order valence-electron chi connectivity index (χ3n) is 3.98. The zero-order valence-electron chi connectivity index (χ0n) is 13.3. The van der Waals surface area contributed by atoms with Crippen molar-refractivity contribution in [2.75, 3.05) is 0 Å². The van der Waals surface area contributed by atoms with Crippen molar-refractivity contribution in [3.05, 3.63) is 77.9 Å². The van der Waals surface area contributed by atoms with Crippen LogP contribution < -0.4 is 14.4 Å². The minimum atomic E-state index is -0.740. The van der Waals surface area contributed by atoms with Crippen LogP contribution in [0.15, 0.2) is 66.7 Å². The maximum absolute atomic E-state index is 13.0. The molecule has 3 aromatic rings. The molecule has 0 N–H and O–H groups in total. The zero-order valence-corrected chi connectivity index (χ0v) is 13.3. The van der Waals surface area contributed by atoms with Gasteiger partial charge in [0.15, 0.2) is 5.75 Å². The van der Waals surface area contributed by atoms with Crippen LogP contribution in [-0.4, -0.2) is 11.9 Å². The van der Waals surface area contributed by atoms with E-state index in [1.807, 2.05) is 18.2 Å². The minimum Gasteiger partial charge on any atom is -0.422 e. The number of hydrogen-bond acceptors (Lipinski definition) is 5. The Morgan fingerprint density at radius 3 is 2.46 bits per heavy atom. The Bertz CT molecular complexity index is 1010. The summed E-state index contributed by atoms with van der Waals surface area (Å²) in [6.45, 7) is 0. The fourth-order valence-corrected chi connectivity index (χ4v) is 2.71. The summed E-state index contributed by atoms with van der Waals surface area (Å²) in [4.78, 5) is 27.8. The maximum atomic E-state index is 13.0. The van der Waals surface area contributed by atoms with Crippen molar-refractivity contribution in [1.82, 2.24) is 0 Å². The van der Waals surface area contributed by atoms with Gasteiger partial charge in [-0.2, -0.15) is 0 Å². The summed E-state index contributed by atoms with van der Waals surface area (Å²) in [6.07, 6.45) is 0. The van der Waals surface area contributed by atoms with E-state index in [1.165, 1.54) is 18.2 Å². The molecule has 1 heterocycles. The molecule has 26 heavy (non-hydrogen) atoms. The fraction of sp³-hybridized carbons (Fsp3) is 0. The van der Waals surface area contributed by atoms with E-state index in [2.05, 4.69) is 4.94 Å². The maximum Gasteiger partial charge on any atom is 0.351 e. The van der Waals surface area contributed by atoms with Crippen LogP contribution in [0.2, 0.25) is 0 Å². The molecule has 0 saturated heterocycles. The van der Waals surface area contributed by atoms with E-state index in [4.69, 9.17) is 9.47 Å². The minimum absolute atomic E-state index is 0.0858. The quantitative estimate of drug-likeness (QED) is 0.516. The highest BCUT2D eigenvalue weighted by Crippen LogP contribution is 2.37. The van der Waals surface area contributed by atoms with Gasteiger partial charge < -0.3 is 9.47 Å². The molecular formula is C20H11FO5. The number of hydrogen-bond donors (Lipinski definition) is 0. The average molecular weight is 350 g/mol. The first-order chi connectivity index (χ1) is 12.7. The van der Waals surface area contributed by atoms with Crippen LogP contribution in [0.4, 0.5) is 4.53 Å². The lowest BCUT2D eigenvalue weighted by Gasteiger charge is -2.19. The zero-order chi connectivity index (χ0) is 18.1. The Morgan fingerprint density at radius 2 is 1.73 bits per heavy atom. The number of carbonyl (C=O) groups excluding carboxylic acids is 2. The van der Waals surface area contributed by atoms with Gasteiger partial charge >= 0.3 is 11.9 Å². The van der Waals surface area contributed by atoms with Gasteiger partial charge in [-0.1, -0.05) is 36.4 Å². The predicted molar refractivity (Wildman–Crippen MR) is 90.0 cm³/mol. The van der Waals surface area contributed by atoms with Gasteiger partial charge in [0, 0.05) is 10.1 Å². The molecule has 0 spiro atoms. The first-order valence-corrected chi connectivity index (χ1v) is 7.73. The molecule has 6 heteroatoms. The standard InChI is InChI=1S/C20H11FO5/c21-26-17-11-13(9-10-14(17)12-5-2-1-3-6-12)19(22)24-15-7-4-8-16-18(15)20(23)25-16/h1-11H. The number of halogens is 1. The Hall–Kier alpha value is -3.67. The van der Waals surface area contributed by atoms with Crippen LogP contribution in [0.5, 0.6) is 17.2 Å². The average Bonchev–Trinajstić information content (AvgIpc) is 2.67. The largest absolute Gasteiger partial charge is 0.422 e. The molecular weight excluding hydrogens is 339 g/mol. The van der Waals surface area contributed by atoms with Crippen molar-refractivity contribution in [2.45, 2.75) is 0 Å². The molecule has 0 radical (unpaired) electrons. The normalized spacial score (nSPS) is 11.8. The molecule has 0 aliphatic carbocycles. The smallest absolute Gasteiger partial charge is 0.351 e. The van der Waals surface area contributed by atoms with Crippen molar-refractivity contribution in [3.8, 4) is 28.4 Å². The third-order valence-corrected chi connectivity index (χ3v) is 3.98. The molecule has 1 aliphatic heterocycles. The Balaban J connectivity index is 1.63. The first kappa shape index (κ1) is 15.8. The van der Waals surface area contributed by atoms with Gasteiger partial charge in [-0.3, -0.25) is 4.94 Å². The number of esters is 2. The molecule has 0 aromatic heterocycles. The van der Waals surface area contributed by atoms with E-state index in [0.29, 0.717) is 11.3 Å². The molecule has 128 valence electrons. The molecule has 0 unspecified atom stereocenters. The van der Waals surface area contributed by atoms with Crippen molar-refractivity contribution in [2.24, 2.45) is 0 Å². The van der Waals surface area contributed by atoms with Gasteiger partial charge in [0.1, 0.15) is 17.1 Å². The van der Waals surface area contributed by atoms with Crippen molar-refractivity contribution in [3.63, 3.8) is 0 Å². The molecule has 4 rings (SSSR count). The van der Waals surface area contributed by atoms with Crippen molar-refractivity contribution < 1.29 is 28.5 Å². The molecule has 0 fully saturated rings. The van der Waals surface area contributed by atoms with Gasteiger partial charge in [0.25, 0.3) is 0 Å². The van der Waals surface area contributed by atoms with Gasteiger partial charge in [-0.25, -0.2) is 9.59 Å². The lowest BCUT2D eigenvalue weighted by Crippen LogP contribution is -2.23. The van der Waals surface area contributed by atoms with Crippen LogP contribution in [0.3, 0.4) is 0 Å². The molecule has 5 nitrogen and oxygen atoms in total. The molecule has 0 bridgehead atoms. The molecule has 0 amide bonds. The molecule has 3 aromatic carbocycles. The van der Waals surface area contributed by atoms with E-state index < -0.39 is 11.9 Å². The second-order valence-corrected chi connectivity index (χ2v) is 5.56. The molecule has 0 atom stereocenters. The lowest BCUT2D eigenvalue weighted by atomic mass is 10.0. The number of rotatable bonds is 4. The summed E-state index contributed by atoms with van der Waals surface area (Å²) >= 11 is 0. The Kier molecular flexibility index (Phi) is 3.85. The van der Waals surface area contributed by atoms with Gasteiger partial charge in [0.05, 0.1) is 5.56 Å². The summed E-state index contributed by atoms with van der Waals surface area (Å²) in [5.74, 6) is -0.955. The topological polar surface area (TPSA) is 61.8 Å². The summed E-state index contributed by atoms with van der Waals surface area (Å²) in [7, 11) is 0. The van der Waals surface area contributed by atoms with E-state index in [0.717, 1.165) is 5.56 Å². The van der Waals surface area contributed by atoms with E-state index in [9.17, 15) is 14.1 Å². The van der Waals surface area contributed by atoms with Crippen LogP contribution in [0.25, 0.3) is 11.1 Å². The Morgan fingerprint density at radius 1 is 0.923 bits per heavy atom. The molecule has 0 saturated carbocycles. The monoisotopic (exact) mass is 350 g/mol. The SMILES string of the molecule is O=C(Oc1cccc2c1C(=O)O2)c1ccc(-c2ccccc2)c(OF)c1. The lowest BCUT2D eigenvalue weighted by molar-refractivity contribution is -0.00556. The van der Waals surface area contributed by atoms with Gasteiger partial charge in [0.2, 0.25) is 0 Å². The summed E-state index contributed by atoms with van der Waals surface area (Å²) in [6, 6.07) is 18.1. The summed E-state index contributed by atoms with van der Waals surface area (Å²) in [5, 5.41) is 0. The summed E-state index contributed by atoms with van der Waals surface area (Å²) < 4.78 is 23.1. The number of ether oxygens (including phenoxy) is 2. The van der Waals surface area contributed by atoms with Gasteiger partial charge in [-0.05, 0) is 35.9 Å². The Labute approximate surface area is 147 Å². The van der Waals surface area contributed by atoms with Gasteiger partial charge in [-0.15, -0.1) is 0 Å². The predicted octanol–water partition coefficient (Wildman–Crippen LogP) is 4.37. The highest BCUT2D eigenvalue weighted by atomic mass is 19.3. The molecule has 1 aliphatic rings. The van der Waals surface area contributed by atoms with Crippen molar-refractivity contribution in [1.29, 1.82) is 0 Å². The third kappa shape index (κ3) is 2.67. The fourth-order valence-electron chi connectivity index (χ4n) is 2.71. The van der Waals surface area contributed by atoms with Crippen LogP contribution >= 0.6 is 0 Å². The number of carbonyl (C=O) groups is 2. The van der Waals surface area contributed by atoms with Crippen molar-refractivity contribution >= 4 is 11.9 Å². The second-order valence-electron chi connectivity index (χ2n) is 5.56. The summed E-state index contributed by atoms with van der Waals surface area (Å²) in [5.41, 5.74) is 1.54. The van der Waals surface area contributed by atoms with E-state index in [-0.39, 0.29) is 22.6 Å². The number of benzene rings is 3. The second kappa shape index (κ2) is 6.33. The van der Waals surface area contributed by atoms with Crippen LogP contribution in [0, 0.1) is 0 Å². The van der Waals surface area contributed by atoms with E-state index >= 15 is 0 Å². The first-order valence-electron chi connectivity index (χ1n) is 7.73. The number of fused-ring (bicyclic) bond motifs is 1. The van der Waals surface area contributed by atoms with E-state index in [1.54, 1.807) is 30.3 Å².